The molecule has 5 rings (SSSR count). The van der Waals surface area contributed by atoms with E-state index in [0.29, 0.717) is 24.2 Å². The molecule has 2 aliphatic rings. The van der Waals surface area contributed by atoms with Gasteiger partial charge in [-0.25, -0.2) is 0 Å². The van der Waals surface area contributed by atoms with Gasteiger partial charge in [-0.05, 0) is 37.9 Å². The molecule has 1 atom stereocenters. The number of benzene rings is 1. The van der Waals surface area contributed by atoms with Crippen molar-refractivity contribution in [2.75, 3.05) is 39.3 Å². The molecule has 1 aromatic carbocycles. The quantitative estimate of drug-likeness (QED) is 0.560. The van der Waals surface area contributed by atoms with E-state index in [9.17, 15) is 4.79 Å². The number of carbonyl (C=O) groups excluding carboxylic acids is 1. The molecule has 34 heavy (non-hydrogen) atoms. The van der Waals surface area contributed by atoms with Crippen LogP contribution in [0.1, 0.15) is 29.9 Å². The zero-order valence-electron chi connectivity index (χ0n) is 19.8. The van der Waals surface area contributed by atoms with Gasteiger partial charge in [-0.1, -0.05) is 41.1 Å². The standard InChI is InChI=1S/C26H32N6O2/c1-20-6-8-22(9-7-20)25-28-24(34-29-25)19-30-12-14-32(15-13-30)26(33)23-5-3-11-31(18-23)17-21-4-2-10-27-16-21/h2,4,6-10,16,23H,3,5,11-15,17-19H2,1H3/t23-/m0/s1. The average Bonchev–Trinajstić information content (AvgIpc) is 3.34. The van der Waals surface area contributed by atoms with Crippen molar-refractivity contribution in [3.8, 4) is 11.4 Å². The smallest absolute Gasteiger partial charge is 0.241 e. The van der Waals surface area contributed by atoms with Crippen LogP contribution in [-0.4, -0.2) is 75.0 Å². The highest BCUT2D eigenvalue weighted by molar-refractivity contribution is 5.79. The number of pyridine rings is 1. The summed E-state index contributed by atoms with van der Waals surface area (Å²) in [6.07, 6.45) is 5.76. The monoisotopic (exact) mass is 460 g/mol. The first-order valence-electron chi connectivity index (χ1n) is 12.2. The largest absolute Gasteiger partial charge is 0.340 e. The molecule has 0 spiro atoms. The van der Waals surface area contributed by atoms with Gasteiger partial charge in [-0.3, -0.25) is 19.6 Å². The number of aromatic nitrogens is 3. The fourth-order valence-corrected chi connectivity index (χ4v) is 4.87. The Hall–Kier alpha value is -3.10. The van der Waals surface area contributed by atoms with Gasteiger partial charge in [0, 0.05) is 57.2 Å². The summed E-state index contributed by atoms with van der Waals surface area (Å²) in [6, 6.07) is 12.2. The molecule has 2 aliphatic heterocycles. The minimum atomic E-state index is 0.0879. The Labute approximate surface area is 200 Å². The molecule has 0 aliphatic carbocycles. The normalized spacial score (nSPS) is 19.9. The summed E-state index contributed by atoms with van der Waals surface area (Å²) >= 11 is 0. The van der Waals surface area contributed by atoms with Crippen molar-refractivity contribution in [1.82, 2.24) is 29.8 Å². The number of rotatable bonds is 6. The van der Waals surface area contributed by atoms with Gasteiger partial charge in [-0.2, -0.15) is 4.98 Å². The number of aryl methyl sites for hydroxylation is 1. The van der Waals surface area contributed by atoms with E-state index in [4.69, 9.17) is 4.52 Å². The Kier molecular flexibility index (Phi) is 6.97. The Bertz CT molecular complexity index is 1080. The number of hydrogen-bond acceptors (Lipinski definition) is 7. The van der Waals surface area contributed by atoms with Crippen molar-refractivity contribution in [3.05, 3.63) is 65.8 Å². The summed E-state index contributed by atoms with van der Waals surface area (Å²) < 4.78 is 5.49. The summed E-state index contributed by atoms with van der Waals surface area (Å²) in [5.41, 5.74) is 3.37. The van der Waals surface area contributed by atoms with E-state index in [1.54, 1.807) is 6.20 Å². The minimum absolute atomic E-state index is 0.0879. The third-order valence-electron chi connectivity index (χ3n) is 6.80. The molecular formula is C26H32N6O2. The first-order chi connectivity index (χ1) is 16.6. The zero-order valence-corrected chi connectivity index (χ0v) is 19.8. The second-order valence-electron chi connectivity index (χ2n) is 9.41. The molecule has 0 N–H and O–H groups in total. The van der Waals surface area contributed by atoms with Gasteiger partial charge in [0.15, 0.2) is 0 Å². The number of carbonyl (C=O) groups is 1. The van der Waals surface area contributed by atoms with Gasteiger partial charge in [0.05, 0.1) is 12.5 Å². The van der Waals surface area contributed by atoms with Crippen molar-refractivity contribution in [2.24, 2.45) is 5.92 Å². The molecule has 0 radical (unpaired) electrons. The number of hydrogen-bond donors (Lipinski definition) is 0. The van der Waals surface area contributed by atoms with Crippen LogP contribution in [0.15, 0.2) is 53.3 Å². The molecule has 0 bridgehead atoms. The lowest BCUT2D eigenvalue weighted by Gasteiger charge is -2.38. The van der Waals surface area contributed by atoms with Gasteiger partial charge in [-0.15, -0.1) is 0 Å². The van der Waals surface area contributed by atoms with Gasteiger partial charge >= 0.3 is 0 Å². The SMILES string of the molecule is Cc1ccc(-c2noc(CN3CCN(C(=O)[C@H]4CCCN(Cc5cccnc5)C4)CC3)n2)cc1. The summed E-state index contributed by atoms with van der Waals surface area (Å²) in [5.74, 6) is 1.63. The Morgan fingerprint density at radius 2 is 1.85 bits per heavy atom. The number of amides is 1. The van der Waals surface area contributed by atoms with Gasteiger partial charge in [0.2, 0.25) is 17.6 Å². The molecule has 0 saturated carbocycles. The van der Waals surface area contributed by atoms with E-state index in [2.05, 4.69) is 37.9 Å². The third-order valence-corrected chi connectivity index (χ3v) is 6.80. The highest BCUT2D eigenvalue weighted by atomic mass is 16.5. The number of piperidine rings is 1. The lowest BCUT2D eigenvalue weighted by molar-refractivity contribution is -0.139. The van der Waals surface area contributed by atoms with Crippen LogP contribution in [0, 0.1) is 12.8 Å². The van der Waals surface area contributed by atoms with Gasteiger partial charge < -0.3 is 9.42 Å². The molecule has 1 amide bonds. The van der Waals surface area contributed by atoms with Crippen LogP contribution < -0.4 is 0 Å². The molecule has 8 heteroatoms. The van der Waals surface area contributed by atoms with Crippen LogP contribution in [0.25, 0.3) is 11.4 Å². The van der Waals surface area contributed by atoms with Crippen molar-refractivity contribution in [2.45, 2.75) is 32.9 Å². The van der Waals surface area contributed by atoms with E-state index in [0.717, 1.165) is 64.2 Å². The molecular weight excluding hydrogens is 428 g/mol. The molecule has 3 aromatic rings. The second-order valence-corrected chi connectivity index (χ2v) is 9.41. The predicted octanol–water partition coefficient (Wildman–Crippen LogP) is 3.00. The van der Waals surface area contributed by atoms with Gasteiger partial charge in [0.1, 0.15) is 0 Å². The summed E-state index contributed by atoms with van der Waals surface area (Å²) in [4.78, 5) is 28.7. The van der Waals surface area contributed by atoms with Crippen molar-refractivity contribution in [3.63, 3.8) is 0 Å². The lowest BCUT2D eigenvalue weighted by atomic mass is 9.96. The average molecular weight is 461 g/mol. The Morgan fingerprint density at radius 1 is 1.03 bits per heavy atom. The van der Waals surface area contributed by atoms with Gasteiger partial charge in [0.25, 0.3) is 0 Å². The van der Waals surface area contributed by atoms with Crippen LogP contribution in [0.2, 0.25) is 0 Å². The van der Waals surface area contributed by atoms with Crippen LogP contribution in [0.5, 0.6) is 0 Å². The highest BCUT2D eigenvalue weighted by Crippen LogP contribution is 2.22. The van der Waals surface area contributed by atoms with Crippen molar-refractivity contribution >= 4 is 5.91 Å². The summed E-state index contributed by atoms with van der Waals surface area (Å²) in [6.45, 7) is 8.54. The van der Waals surface area contributed by atoms with E-state index in [1.165, 1.54) is 11.1 Å². The van der Waals surface area contributed by atoms with Crippen LogP contribution in [-0.2, 0) is 17.9 Å². The van der Waals surface area contributed by atoms with E-state index in [1.807, 2.05) is 41.4 Å². The first-order valence-corrected chi connectivity index (χ1v) is 12.2. The topological polar surface area (TPSA) is 78.6 Å². The number of piperazine rings is 1. The molecule has 2 fully saturated rings. The second kappa shape index (κ2) is 10.4. The molecule has 2 aromatic heterocycles. The molecule has 2 saturated heterocycles. The minimum Gasteiger partial charge on any atom is -0.340 e. The third kappa shape index (κ3) is 5.51. The van der Waals surface area contributed by atoms with Crippen LogP contribution in [0.4, 0.5) is 0 Å². The fourth-order valence-electron chi connectivity index (χ4n) is 4.87. The highest BCUT2D eigenvalue weighted by Gasteiger charge is 2.31. The molecule has 4 heterocycles. The maximum absolute atomic E-state index is 13.2. The van der Waals surface area contributed by atoms with Crippen molar-refractivity contribution < 1.29 is 9.32 Å². The zero-order chi connectivity index (χ0) is 23.3. The Morgan fingerprint density at radius 3 is 2.62 bits per heavy atom. The molecule has 178 valence electrons. The number of likely N-dealkylation sites (tertiary alicyclic amines) is 1. The molecule has 8 nitrogen and oxygen atoms in total. The summed E-state index contributed by atoms with van der Waals surface area (Å²) in [5, 5.41) is 4.14. The van der Waals surface area contributed by atoms with E-state index >= 15 is 0 Å². The van der Waals surface area contributed by atoms with E-state index < -0.39 is 0 Å². The number of nitrogens with zero attached hydrogens (tertiary/aromatic N) is 6. The fraction of sp³-hybridized carbons (Fsp3) is 0.462. The maximum Gasteiger partial charge on any atom is 0.241 e. The lowest BCUT2D eigenvalue weighted by Crippen LogP contribution is -2.52. The van der Waals surface area contributed by atoms with Crippen LogP contribution >= 0.6 is 0 Å². The Balaban J connectivity index is 1.10. The van der Waals surface area contributed by atoms with E-state index in [-0.39, 0.29) is 5.92 Å². The van der Waals surface area contributed by atoms with Crippen LogP contribution in [0.3, 0.4) is 0 Å². The predicted molar refractivity (Wildman–Crippen MR) is 129 cm³/mol. The summed E-state index contributed by atoms with van der Waals surface area (Å²) in [7, 11) is 0. The first kappa shape index (κ1) is 22.7. The molecule has 0 unspecified atom stereocenters. The maximum atomic E-state index is 13.2. The van der Waals surface area contributed by atoms with Crippen molar-refractivity contribution in [1.29, 1.82) is 0 Å².